The average Bonchev–Trinajstić information content (AvgIpc) is 2.66. The van der Waals surface area contributed by atoms with Crippen LogP contribution in [-0.4, -0.2) is 14.8 Å². The normalized spacial score (nSPS) is 10.9. The zero-order chi connectivity index (χ0) is 13.3. The van der Waals surface area contributed by atoms with Crippen molar-refractivity contribution in [3.05, 3.63) is 38.3 Å². The number of benzene rings is 1. The van der Waals surface area contributed by atoms with Crippen LogP contribution in [0.3, 0.4) is 0 Å². The van der Waals surface area contributed by atoms with Gasteiger partial charge in [0.25, 0.3) is 0 Å². The lowest BCUT2D eigenvalue weighted by atomic mass is 10.2. The molecule has 2 rings (SSSR count). The summed E-state index contributed by atoms with van der Waals surface area (Å²) in [6.45, 7) is 4.01. The first-order valence-corrected chi connectivity index (χ1v) is 6.83. The maximum absolute atomic E-state index is 6.27. The highest BCUT2D eigenvalue weighted by atomic mass is 35.5. The lowest BCUT2D eigenvalue weighted by Crippen LogP contribution is -2.02. The van der Waals surface area contributed by atoms with Crippen LogP contribution < -0.4 is 0 Å². The van der Waals surface area contributed by atoms with Gasteiger partial charge in [-0.3, -0.25) is 9.67 Å². The molecule has 0 saturated carbocycles. The summed E-state index contributed by atoms with van der Waals surface area (Å²) in [5, 5.41) is 8.30. The molecule has 6 heteroatoms. The van der Waals surface area contributed by atoms with E-state index in [2.05, 4.69) is 17.1 Å². The number of rotatable bonds is 3. The molecule has 1 aromatic carbocycles. The second-order valence-corrected chi connectivity index (χ2v) is 5.28. The zero-order valence-electron chi connectivity index (χ0n) is 10.1. The molecule has 0 spiro atoms. The van der Waals surface area contributed by atoms with E-state index in [0.717, 1.165) is 29.9 Å². The molecule has 0 bridgehead atoms. The number of aromatic amines is 1. The van der Waals surface area contributed by atoms with E-state index < -0.39 is 0 Å². The Morgan fingerprint density at radius 3 is 2.72 bits per heavy atom. The number of nitrogens with one attached hydrogen (secondary N) is 1. The minimum absolute atomic E-state index is 0.528. The molecule has 3 nitrogen and oxygen atoms in total. The van der Waals surface area contributed by atoms with Gasteiger partial charge in [0, 0.05) is 11.4 Å². The van der Waals surface area contributed by atoms with E-state index >= 15 is 0 Å². The van der Waals surface area contributed by atoms with Crippen molar-refractivity contribution in [2.24, 2.45) is 0 Å². The first-order chi connectivity index (χ1) is 8.54. The van der Waals surface area contributed by atoms with Crippen molar-refractivity contribution < 1.29 is 0 Å². The first-order valence-electron chi connectivity index (χ1n) is 5.67. The Morgan fingerprint density at radius 1 is 1.33 bits per heavy atom. The average molecular weight is 302 g/mol. The van der Waals surface area contributed by atoms with E-state index in [4.69, 9.17) is 35.4 Å². The molecular weight excluding hydrogens is 289 g/mol. The molecule has 0 fully saturated rings. The lowest BCUT2D eigenvalue weighted by Gasteiger charge is -2.10. The molecule has 0 amide bonds. The summed E-state index contributed by atoms with van der Waals surface area (Å²) in [5.74, 6) is 0.865. The molecule has 0 radical (unpaired) electrons. The van der Waals surface area contributed by atoms with Crippen molar-refractivity contribution in [1.29, 1.82) is 0 Å². The van der Waals surface area contributed by atoms with Crippen LogP contribution in [-0.2, 0) is 6.42 Å². The molecule has 1 heterocycles. The minimum atomic E-state index is 0.528. The molecule has 0 atom stereocenters. The molecule has 0 saturated heterocycles. The number of hydrogen-bond donors (Lipinski definition) is 1. The Labute approximate surface area is 121 Å². The van der Waals surface area contributed by atoms with Crippen LogP contribution >= 0.6 is 35.4 Å². The number of aryl methyl sites for hydroxylation is 2. The summed E-state index contributed by atoms with van der Waals surface area (Å²) in [5.41, 5.74) is 1.71. The predicted octanol–water partition coefficient (Wildman–Crippen LogP) is 4.50. The van der Waals surface area contributed by atoms with Crippen molar-refractivity contribution in [3.63, 3.8) is 0 Å². The fourth-order valence-electron chi connectivity index (χ4n) is 1.78. The summed E-state index contributed by atoms with van der Waals surface area (Å²) in [6.07, 6.45) is 1.81. The van der Waals surface area contributed by atoms with Crippen LogP contribution in [0.5, 0.6) is 0 Å². The van der Waals surface area contributed by atoms with Gasteiger partial charge in [-0.1, -0.05) is 30.1 Å². The van der Waals surface area contributed by atoms with Gasteiger partial charge in [0.1, 0.15) is 5.82 Å². The second kappa shape index (κ2) is 5.43. The van der Waals surface area contributed by atoms with Crippen LogP contribution in [0.15, 0.2) is 12.1 Å². The van der Waals surface area contributed by atoms with Crippen LogP contribution in [0, 0.1) is 11.7 Å². The topological polar surface area (TPSA) is 33.6 Å². The number of aromatic nitrogens is 3. The molecule has 0 aliphatic rings. The smallest absolute Gasteiger partial charge is 0.199 e. The highest BCUT2D eigenvalue weighted by Gasteiger charge is 2.12. The summed E-state index contributed by atoms with van der Waals surface area (Å²) in [6, 6.07) is 3.66. The highest BCUT2D eigenvalue weighted by Crippen LogP contribution is 2.28. The van der Waals surface area contributed by atoms with E-state index in [-0.39, 0.29) is 0 Å². The SMILES string of the molecule is CCCc1n[nH]c(=S)n1-c1cc(Cl)c(C)cc1Cl. The van der Waals surface area contributed by atoms with Gasteiger partial charge in [-0.25, -0.2) is 0 Å². The fraction of sp³-hybridized carbons (Fsp3) is 0.333. The van der Waals surface area contributed by atoms with Crippen molar-refractivity contribution in [2.45, 2.75) is 26.7 Å². The number of halogens is 2. The van der Waals surface area contributed by atoms with Gasteiger partial charge in [0.2, 0.25) is 0 Å². The van der Waals surface area contributed by atoms with Crippen LogP contribution in [0.2, 0.25) is 10.0 Å². The third-order valence-corrected chi connectivity index (χ3v) is 3.67. The summed E-state index contributed by atoms with van der Waals surface area (Å²) in [4.78, 5) is 0. The van der Waals surface area contributed by atoms with E-state index in [1.807, 2.05) is 23.6 Å². The molecule has 0 unspecified atom stereocenters. The van der Waals surface area contributed by atoms with Gasteiger partial charge >= 0.3 is 0 Å². The van der Waals surface area contributed by atoms with Gasteiger partial charge in [-0.15, -0.1) is 0 Å². The van der Waals surface area contributed by atoms with E-state index in [0.29, 0.717) is 14.8 Å². The molecule has 0 aliphatic carbocycles. The maximum atomic E-state index is 6.27. The third kappa shape index (κ3) is 2.46. The van der Waals surface area contributed by atoms with E-state index in [1.54, 1.807) is 0 Å². The lowest BCUT2D eigenvalue weighted by molar-refractivity contribution is 0.801. The molecule has 0 aliphatic heterocycles. The Balaban J connectivity index is 2.65. The molecule has 96 valence electrons. The van der Waals surface area contributed by atoms with Gasteiger partial charge in [0.15, 0.2) is 4.77 Å². The maximum Gasteiger partial charge on any atom is 0.199 e. The molecule has 18 heavy (non-hydrogen) atoms. The van der Waals surface area contributed by atoms with Gasteiger partial charge < -0.3 is 0 Å². The standard InChI is InChI=1S/C12H13Cl2N3S/c1-3-4-11-15-16-12(18)17(11)10-6-8(13)7(2)5-9(10)14/h5-6H,3-4H2,1-2H3,(H,16,18). The monoisotopic (exact) mass is 301 g/mol. The van der Waals surface area contributed by atoms with Crippen LogP contribution in [0.4, 0.5) is 0 Å². The van der Waals surface area contributed by atoms with Crippen LogP contribution in [0.1, 0.15) is 24.7 Å². The Morgan fingerprint density at radius 2 is 2.06 bits per heavy atom. The second-order valence-electron chi connectivity index (χ2n) is 4.08. The first kappa shape index (κ1) is 13.6. The Kier molecular flexibility index (Phi) is 4.10. The van der Waals surface area contributed by atoms with Crippen molar-refractivity contribution >= 4 is 35.4 Å². The number of hydrogen-bond acceptors (Lipinski definition) is 2. The number of nitrogens with zero attached hydrogens (tertiary/aromatic N) is 2. The third-order valence-electron chi connectivity index (χ3n) is 2.68. The highest BCUT2D eigenvalue weighted by molar-refractivity contribution is 7.71. The Bertz CT molecular complexity index is 631. The Hall–Kier alpha value is -0.840. The van der Waals surface area contributed by atoms with Crippen molar-refractivity contribution in [1.82, 2.24) is 14.8 Å². The van der Waals surface area contributed by atoms with Gasteiger partial charge in [0.05, 0.1) is 10.7 Å². The largest absolute Gasteiger partial charge is 0.271 e. The zero-order valence-corrected chi connectivity index (χ0v) is 12.5. The summed E-state index contributed by atoms with van der Waals surface area (Å²) in [7, 11) is 0. The minimum Gasteiger partial charge on any atom is -0.271 e. The summed E-state index contributed by atoms with van der Waals surface area (Å²) >= 11 is 17.7. The molecular formula is C12H13Cl2N3S. The summed E-state index contributed by atoms with van der Waals surface area (Å²) < 4.78 is 2.37. The fourth-order valence-corrected chi connectivity index (χ4v) is 2.49. The van der Waals surface area contributed by atoms with Crippen LogP contribution in [0.25, 0.3) is 5.69 Å². The van der Waals surface area contributed by atoms with Gasteiger partial charge in [-0.2, -0.15) is 5.10 Å². The molecule has 1 aromatic heterocycles. The molecule has 2 aromatic rings. The van der Waals surface area contributed by atoms with E-state index in [1.165, 1.54) is 0 Å². The quantitative estimate of drug-likeness (QED) is 0.847. The predicted molar refractivity (Wildman–Crippen MR) is 77.5 cm³/mol. The van der Waals surface area contributed by atoms with E-state index in [9.17, 15) is 0 Å². The van der Waals surface area contributed by atoms with Crippen molar-refractivity contribution in [2.75, 3.05) is 0 Å². The van der Waals surface area contributed by atoms with Gasteiger partial charge in [-0.05, 0) is 43.3 Å². The number of H-pyrrole nitrogens is 1. The van der Waals surface area contributed by atoms with Crippen molar-refractivity contribution in [3.8, 4) is 5.69 Å². The molecule has 1 N–H and O–H groups in total.